The van der Waals surface area contributed by atoms with E-state index in [0.29, 0.717) is 0 Å². The van der Waals surface area contributed by atoms with E-state index in [-0.39, 0.29) is 5.60 Å². The molecule has 1 saturated carbocycles. The first-order chi connectivity index (χ1) is 5.27. The summed E-state index contributed by atoms with van der Waals surface area (Å²) in [7, 11) is 0. The normalized spacial score (nSPS) is 24.2. The fourth-order valence-electron chi connectivity index (χ4n) is 1.68. The molecule has 64 valence electrons. The summed E-state index contributed by atoms with van der Waals surface area (Å²) in [6.07, 6.45) is 8.59. The van der Waals surface area contributed by atoms with E-state index in [2.05, 4.69) is 28.7 Å². The van der Waals surface area contributed by atoms with Crippen LogP contribution in [0.5, 0.6) is 0 Å². The van der Waals surface area contributed by atoms with Gasteiger partial charge in [0.05, 0.1) is 5.60 Å². The predicted octanol–water partition coefficient (Wildman–Crippen LogP) is 3.02. The maximum atomic E-state index is 9.95. The van der Waals surface area contributed by atoms with Gasteiger partial charge in [0.1, 0.15) is 0 Å². The largest absolute Gasteiger partial charge is 0.390 e. The Bertz CT molecular complexity index is 136. The second-order valence-corrected chi connectivity index (χ2v) is 4.07. The zero-order valence-corrected chi connectivity index (χ0v) is 8.88. The first kappa shape index (κ1) is 9.52. The van der Waals surface area contributed by atoms with Gasteiger partial charge in [-0.2, -0.15) is 0 Å². The third-order valence-electron chi connectivity index (χ3n) is 2.37. The highest BCUT2D eigenvalue weighted by atomic mass is 127. The lowest BCUT2D eigenvalue weighted by atomic mass is 9.83. The summed E-state index contributed by atoms with van der Waals surface area (Å²) >= 11 is 2.20. The van der Waals surface area contributed by atoms with Crippen LogP contribution in [0.3, 0.4) is 0 Å². The van der Waals surface area contributed by atoms with Gasteiger partial charge in [0, 0.05) is 0 Å². The van der Waals surface area contributed by atoms with Crippen molar-refractivity contribution in [2.24, 2.45) is 0 Å². The van der Waals surface area contributed by atoms with Crippen LogP contribution in [0.4, 0.5) is 0 Å². The second kappa shape index (κ2) is 4.45. The molecule has 1 aliphatic rings. The van der Waals surface area contributed by atoms with Gasteiger partial charge in [-0.3, -0.25) is 0 Å². The summed E-state index contributed by atoms with van der Waals surface area (Å²) < 4.78 is 1.99. The summed E-state index contributed by atoms with van der Waals surface area (Å²) in [4.78, 5) is 0. The lowest BCUT2D eigenvalue weighted by molar-refractivity contribution is 0.00701. The number of rotatable bonds is 2. The molecule has 0 aromatic rings. The zero-order valence-electron chi connectivity index (χ0n) is 6.72. The smallest absolute Gasteiger partial charge is 0.0682 e. The first-order valence-corrected chi connectivity index (χ1v) is 5.49. The van der Waals surface area contributed by atoms with Gasteiger partial charge >= 0.3 is 0 Å². The van der Waals surface area contributed by atoms with E-state index >= 15 is 0 Å². The molecule has 0 aromatic carbocycles. The minimum absolute atomic E-state index is 0.361. The molecule has 0 atom stereocenters. The lowest BCUT2D eigenvalue weighted by Crippen LogP contribution is -2.30. The molecule has 0 saturated heterocycles. The maximum absolute atomic E-state index is 9.95. The Morgan fingerprint density at radius 2 is 1.91 bits per heavy atom. The van der Waals surface area contributed by atoms with E-state index in [9.17, 15) is 5.11 Å². The fourth-order valence-corrected chi connectivity index (χ4v) is 1.93. The van der Waals surface area contributed by atoms with Gasteiger partial charge in [0.15, 0.2) is 0 Å². The molecule has 0 spiro atoms. The highest BCUT2D eigenvalue weighted by molar-refractivity contribution is 14.1. The number of hydrogen-bond donors (Lipinski definition) is 1. The van der Waals surface area contributed by atoms with Gasteiger partial charge in [0.25, 0.3) is 0 Å². The van der Waals surface area contributed by atoms with Gasteiger partial charge < -0.3 is 5.11 Å². The molecular formula is C9H15IO. The Balaban J connectivity index is 2.37. The van der Waals surface area contributed by atoms with Crippen molar-refractivity contribution < 1.29 is 5.11 Å². The van der Waals surface area contributed by atoms with Crippen LogP contribution >= 0.6 is 22.6 Å². The minimum atomic E-state index is -0.361. The zero-order chi connectivity index (χ0) is 8.16. The van der Waals surface area contributed by atoms with Crippen molar-refractivity contribution in [3.63, 3.8) is 0 Å². The van der Waals surface area contributed by atoms with Gasteiger partial charge in [-0.25, -0.2) is 0 Å². The molecule has 0 unspecified atom stereocenters. The number of hydrogen-bond acceptors (Lipinski definition) is 1. The van der Waals surface area contributed by atoms with E-state index in [4.69, 9.17) is 0 Å². The Morgan fingerprint density at radius 3 is 2.45 bits per heavy atom. The minimum Gasteiger partial charge on any atom is -0.390 e. The third kappa shape index (κ3) is 3.11. The summed E-state index contributed by atoms with van der Waals surface area (Å²) in [6, 6.07) is 0. The molecule has 0 heterocycles. The van der Waals surface area contributed by atoms with Crippen molar-refractivity contribution >= 4 is 22.6 Å². The van der Waals surface area contributed by atoms with E-state index in [0.717, 1.165) is 19.3 Å². The molecule has 1 N–H and O–H groups in total. The van der Waals surface area contributed by atoms with E-state index < -0.39 is 0 Å². The van der Waals surface area contributed by atoms with Crippen molar-refractivity contribution in [2.75, 3.05) is 0 Å². The summed E-state index contributed by atoms with van der Waals surface area (Å²) in [5.41, 5.74) is -0.361. The summed E-state index contributed by atoms with van der Waals surface area (Å²) in [6.45, 7) is 0. The van der Waals surface area contributed by atoms with Crippen molar-refractivity contribution in [2.45, 2.75) is 44.1 Å². The number of halogens is 1. The second-order valence-electron chi connectivity index (χ2n) is 3.35. The van der Waals surface area contributed by atoms with Crippen LogP contribution < -0.4 is 0 Å². The van der Waals surface area contributed by atoms with Crippen LogP contribution in [-0.4, -0.2) is 10.7 Å². The monoisotopic (exact) mass is 266 g/mol. The summed E-state index contributed by atoms with van der Waals surface area (Å²) in [5, 5.41) is 9.95. The van der Waals surface area contributed by atoms with E-state index in [1.807, 2.05) is 4.08 Å². The molecule has 0 aromatic heterocycles. The highest BCUT2D eigenvalue weighted by Gasteiger charge is 2.27. The molecule has 0 bridgehead atoms. The predicted molar refractivity (Wildman–Crippen MR) is 55.8 cm³/mol. The van der Waals surface area contributed by atoms with Gasteiger partial charge in [-0.1, -0.05) is 47.9 Å². The van der Waals surface area contributed by atoms with Crippen molar-refractivity contribution in [1.29, 1.82) is 0 Å². The first-order valence-electron chi connectivity index (χ1n) is 4.24. The van der Waals surface area contributed by atoms with Crippen LogP contribution in [0, 0.1) is 0 Å². The third-order valence-corrected chi connectivity index (χ3v) is 2.88. The van der Waals surface area contributed by atoms with Crippen LogP contribution in [0.1, 0.15) is 38.5 Å². The maximum Gasteiger partial charge on any atom is 0.0682 e. The van der Waals surface area contributed by atoms with E-state index in [1.165, 1.54) is 19.3 Å². The molecule has 1 fully saturated rings. The molecule has 1 aliphatic carbocycles. The van der Waals surface area contributed by atoms with Gasteiger partial charge in [-0.15, -0.1) is 0 Å². The Labute approximate surface area is 82.0 Å². The molecular weight excluding hydrogens is 251 g/mol. The van der Waals surface area contributed by atoms with E-state index in [1.54, 1.807) is 0 Å². The van der Waals surface area contributed by atoms with Gasteiger partial charge in [-0.05, 0) is 23.3 Å². The molecule has 1 rings (SSSR count). The number of aliphatic hydroxyl groups is 1. The molecule has 0 aliphatic heterocycles. The average Bonchev–Trinajstić information content (AvgIpc) is 2.03. The van der Waals surface area contributed by atoms with Crippen LogP contribution in [0.15, 0.2) is 10.2 Å². The van der Waals surface area contributed by atoms with Crippen molar-refractivity contribution in [1.82, 2.24) is 0 Å². The highest BCUT2D eigenvalue weighted by Crippen LogP contribution is 2.31. The Kier molecular flexibility index (Phi) is 3.85. The SMILES string of the molecule is OC1(C/C=C/I)CCCCC1. The molecule has 11 heavy (non-hydrogen) atoms. The van der Waals surface area contributed by atoms with Crippen molar-refractivity contribution in [3.05, 3.63) is 10.2 Å². The van der Waals surface area contributed by atoms with Crippen molar-refractivity contribution in [3.8, 4) is 0 Å². The molecule has 1 nitrogen and oxygen atoms in total. The molecule has 2 heteroatoms. The van der Waals surface area contributed by atoms with Crippen LogP contribution in [0.25, 0.3) is 0 Å². The Morgan fingerprint density at radius 1 is 1.27 bits per heavy atom. The standard InChI is InChI=1S/C9H15IO/c10-8-4-7-9(11)5-2-1-3-6-9/h4,8,11H,1-3,5-7H2/b8-4+. The van der Waals surface area contributed by atoms with Gasteiger partial charge in [0.2, 0.25) is 0 Å². The molecule has 0 amide bonds. The lowest BCUT2D eigenvalue weighted by Gasteiger charge is -2.30. The summed E-state index contributed by atoms with van der Waals surface area (Å²) in [5.74, 6) is 0. The average molecular weight is 266 g/mol. The van der Waals surface area contributed by atoms with Crippen LogP contribution in [-0.2, 0) is 0 Å². The topological polar surface area (TPSA) is 20.2 Å². The fraction of sp³-hybridized carbons (Fsp3) is 0.778. The molecule has 0 radical (unpaired) electrons. The van der Waals surface area contributed by atoms with Crippen LogP contribution in [0.2, 0.25) is 0 Å². The Hall–Kier alpha value is 0.430. The quantitative estimate of drug-likeness (QED) is 0.762.